The van der Waals surface area contributed by atoms with Gasteiger partial charge in [0, 0.05) is 29.4 Å². The predicted molar refractivity (Wildman–Crippen MR) is 134 cm³/mol. The minimum absolute atomic E-state index is 0.202. The first kappa shape index (κ1) is 24.3. The number of amides is 3. The molecular formula is C25H29N5O2S. The summed E-state index contributed by atoms with van der Waals surface area (Å²) in [7, 11) is 0. The van der Waals surface area contributed by atoms with E-state index in [1.165, 1.54) is 11.8 Å². The number of nitrogens with one attached hydrogen (secondary N) is 3. The average Bonchev–Trinajstić information content (AvgIpc) is 2.70. The lowest BCUT2D eigenvalue weighted by atomic mass is 10.1. The van der Waals surface area contributed by atoms with Crippen molar-refractivity contribution >= 4 is 35.2 Å². The summed E-state index contributed by atoms with van der Waals surface area (Å²) in [6.45, 7) is 9.73. The Kier molecular flexibility index (Phi) is 7.71. The van der Waals surface area contributed by atoms with Gasteiger partial charge >= 0.3 is 6.03 Å². The summed E-state index contributed by atoms with van der Waals surface area (Å²) in [6, 6.07) is 12.8. The number of hydrogen-bond acceptors (Lipinski definition) is 5. The Labute approximate surface area is 198 Å². The molecule has 0 atom stereocenters. The Morgan fingerprint density at radius 2 is 1.67 bits per heavy atom. The molecule has 0 saturated carbocycles. The normalized spacial score (nSPS) is 11.1. The van der Waals surface area contributed by atoms with Crippen molar-refractivity contribution in [2.75, 3.05) is 10.6 Å². The van der Waals surface area contributed by atoms with E-state index in [0.29, 0.717) is 22.2 Å². The number of rotatable bonds is 6. The highest BCUT2D eigenvalue weighted by atomic mass is 32.2. The van der Waals surface area contributed by atoms with Gasteiger partial charge in [-0.1, -0.05) is 6.07 Å². The molecule has 3 N–H and O–H groups in total. The van der Waals surface area contributed by atoms with Crippen LogP contribution < -0.4 is 16.0 Å². The van der Waals surface area contributed by atoms with Crippen LogP contribution in [0.1, 0.15) is 47.8 Å². The number of aryl methyl sites for hydroxylation is 2. The van der Waals surface area contributed by atoms with E-state index in [4.69, 9.17) is 0 Å². The summed E-state index contributed by atoms with van der Waals surface area (Å²) in [4.78, 5) is 33.7. The van der Waals surface area contributed by atoms with E-state index in [1.807, 2.05) is 58.9 Å². The molecule has 3 amide bonds. The number of nitrogens with zero attached hydrogens (tertiary/aromatic N) is 2. The number of urea groups is 1. The zero-order valence-corrected chi connectivity index (χ0v) is 20.3. The van der Waals surface area contributed by atoms with Gasteiger partial charge in [-0.05, 0) is 87.7 Å². The molecule has 1 aromatic carbocycles. The number of thioether (sulfide) groups is 1. The van der Waals surface area contributed by atoms with Crippen molar-refractivity contribution in [1.82, 2.24) is 15.3 Å². The monoisotopic (exact) mass is 463 g/mol. The minimum atomic E-state index is -0.343. The molecule has 0 saturated heterocycles. The third kappa shape index (κ3) is 7.61. The highest BCUT2D eigenvalue weighted by molar-refractivity contribution is 7.98. The van der Waals surface area contributed by atoms with Gasteiger partial charge in [0.1, 0.15) is 10.8 Å². The summed E-state index contributed by atoms with van der Waals surface area (Å²) in [5.41, 5.74) is 4.06. The number of aromatic nitrogens is 2. The fraction of sp³-hybridized carbons (Fsp3) is 0.280. The number of benzene rings is 1. The van der Waals surface area contributed by atoms with Crippen LogP contribution in [0.5, 0.6) is 0 Å². The van der Waals surface area contributed by atoms with Gasteiger partial charge in [0.25, 0.3) is 5.91 Å². The Bertz CT molecular complexity index is 1140. The van der Waals surface area contributed by atoms with Crippen molar-refractivity contribution in [1.29, 1.82) is 0 Å². The first-order valence-corrected chi connectivity index (χ1v) is 11.6. The van der Waals surface area contributed by atoms with Crippen molar-refractivity contribution < 1.29 is 9.59 Å². The van der Waals surface area contributed by atoms with E-state index in [0.717, 1.165) is 22.4 Å². The molecule has 2 heterocycles. The Morgan fingerprint density at radius 1 is 0.939 bits per heavy atom. The molecule has 0 aliphatic heterocycles. The van der Waals surface area contributed by atoms with Crippen LogP contribution in [0.4, 0.5) is 16.3 Å². The zero-order chi connectivity index (χ0) is 24.0. The standard InChI is InChI=1S/C25H29N5O2S/c1-16-11-17(2)13-19(12-16)28-22(31)20-7-6-9-27-23(20)33-15-18-8-10-26-21(14-18)29-24(32)30-25(3,4)5/h6-14H,15H2,1-5H3,(H,28,31)(H2,26,29,30,32). The summed E-state index contributed by atoms with van der Waals surface area (Å²) in [5.74, 6) is 0.828. The van der Waals surface area contributed by atoms with Gasteiger partial charge in [0.05, 0.1) is 5.56 Å². The number of anilines is 2. The maximum atomic E-state index is 12.9. The molecule has 0 radical (unpaired) electrons. The number of carbonyl (C=O) groups is 2. The molecule has 8 heteroatoms. The van der Waals surface area contributed by atoms with E-state index in [2.05, 4.69) is 32.0 Å². The van der Waals surface area contributed by atoms with E-state index >= 15 is 0 Å². The summed E-state index contributed by atoms with van der Waals surface area (Å²) < 4.78 is 0. The molecule has 3 aromatic rings. The molecule has 2 aromatic heterocycles. The largest absolute Gasteiger partial charge is 0.333 e. The first-order chi connectivity index (χ1) is 15.6. The van der Waals surface area contributed by atoms with Crippen LogP contribution in [0.3, 0.4) is 0 Å². The van der Waals surface area contributed by atoms with Crippen LogP contribution in [0, 0.1) is 13.8 Å². The van der Waals surface area contributed by atoms with Gasteiger partial charge in [-0.3, -0.25) is 10.1 Å². The molecule has 0 bridgehead atoms. The lowest BCUT2D eigenvalue weighted by Gasteiger charge is -2.20. The molecule has 3 rings (SSSR count). The maximum absolute atomic E-state index is 12.9. The lowest BCUT2D eigenvalue weighted by molar-refractivity contribution is 0.102. The van der Waals surface area contributed by atoms with Crippen LogP contribution in [0.25, 0.3) is 0 Å². The van der Waals surface area contributed by atoms with Gasteiger partial charge in [0.2, 0.25) is 0 Å². The maximum Gasteiger partial charge on any atom is 0.320 e. The second-order valence-electron chi connectivity index (χ2n) is 8.85. The van der Waals surface area contributed by atoms with Crippen LogP contribution in [-0.4, -0.2) is 27.4 Å². The minimum Gasteiger partial charge on any atom is -0.333 e. The molecule has 0 unspecified atom stereocenters. The first-order valence-electron chi connectivity index (χ1n) is 10.6. The third-order valence-electron chi connectivity index (χ3n) is 4.43. The fourth-order valence-electron chi connectivity index (χ4n) is 3.20. The predicted octanol–water partition coefficient (Wildman–Crippen LogP) is 5.56. The van der Waals surface area contributed by atoms with Gasteiger partial charge in [-0.15, -0.1) is 11.8 Å². The van der Waals surface area contributed by atoms with E-state index < -0.39 is 0 Å². The molecule has 33 heavy (non-hydrogen) atoms. The average molecular weight is 464 g/mol. The number of hydrogen-bond donors (Lipinski definition) is 3. The van der Waals surface area contributed by atoms with E-state index in [-0.39, 0.29) is 17.5 Å². The second kappa shape index (κ2) is 10.5. The number of carbonyl (C=O) groups excluding carboxylic acids is 2. The van der Waals surface area contributed by atoms with Gasteiger partial charge < -0.3 is 10.6 Å². The highest BCUT2D eigenvalue weighted by Crippen LogP contribution is 2.26. The van der Waals surface area contributed by atoms with Gasteiger partial charge in [0.15, 0.2) is 0 Å². The van der Waals surface area contributed by atoms with Crippen LogP contribution in [-0.2, 0) is 5.75 Å². The molecule has 0 aliphatic rings. The van der Waals surface area contributed by atoms with Crippen molar-refractivity contribution in [2.45, 2.75) is 50.9 Å². The second-order valence-corrected chi connectivity index (χ2v) is 9.82. The number of pyridine rings is 2. The quantitative estimate of drug-likeness (QED) is 0.416. The summed E-state index contributed by atoms with van der Waals surface area (Å²) >= 11 is 1.45. The molecule has 7 nitrogen and oxygen atoms in total. The van der Waals surface area contributed by atoms with Crippen LogP contribution in [0.2, 0.25) is 0 Å². The molecular weight excluding hydrogens is 434 g/mol. The van der Waals surface area contributed by atoms with E-state index in [1.54, 1.807) is 24.5 Å². The molecule has 0 aliphatic carbocycles. The smallest absolute Gasteiger partial charge is 0.320 e. The van der Waals surface area contributed by atoms with Crippen molar-refractivity contribution in [2.24, 2.45) is 0 Å². The van der Waals surface area contributed by atoms with Crippen LogP contribution >= 0.6 is 11.8 Å². The highest BCUT2D eigenvalue weighted by Gasteiger charge is 2.15. The Morgan fingerprint density at radius 3 is 2.36 bits per heavy atom. The topological polar surface area (TPSA) is 96.0 Å². The van der Waals surface area contributed by atoms with Crippen molar-refractivity contribution in [3.8, 4) is 0 Å². The van der Waals surface area contributed by atoms with Crippen LogP contribution in [0.15, 0.2) is 59.9 Å². The lowest BCUT2D eigenvalue weighted by Crippen LogP contribution is -2.43. The molecule has 0 fully saturated rings. The zero-order valence-electron chi connectivity index (χ0n) is 19.5. The van der Waals surface area contributed by atoms with Gasteiger partial charge in [-0.2, -0.15) is 0 Å². The van der Waals surface area contributed by atoms with Crippen molar-refractivity contribution in [3.63, 3.8) is 0 Å². The Hall–Kier alpha value is -3.39. The molecule has 172 valence electrons. The fourth-order valence-corrected chi connectivity index (χ4v) is 4.13. The van der Waals surface area contributed by atoms with E-state index in [9.17, 15) is 9.59 Å². The van der Waals surface area contributed by atoms with Gasteiger partial charge in [-0.25, -0.2) is 14.8 Å². The summed E-state index contributed by atoms with van der Waals surface area (Å²) in [6.07, 6.45) is 3.32. The SMILES string of the molecule is Cc1cc(C)cc(NC(=O)c2cccnc2SCc2ccnc(NC(=O)NC(C)(C)C)c2)c1. The Balaban J connectivity index is 1.68. The molecule has 0 spiro atoms. The third-order valence-corrected chi connectivity index (χ3v) is 5.50. The van der Waals surface area contributed by atoms with Crippen molar-refractivity contribution in [3.05, 3.63) is 77.1 Å². The summed E-state index contributed by atoms with van der Waals surface area (Å²) in [5, 5.41) is 9.20.